The Kier molecular flexibility index (Phi) is 4.68. The number of carbonyl (C=O) groups excluding carboxylic acids is 1. The number of nitrogens with zero attached hydrogens (tertiary/aromatic N) is 1. The highest BCUT2D eigenvalue weighted by Crippen LogP contribution is 2.30. The summed E-state index contributed by atoms with van der Waals surface area (Å²) in [6, 6.07) is 6.90. The summed E-state index contributed by atoms with van der Waals surface area (Å²) >= 11 is 0. The maximum absolute atomic E-state index is 13.4. The molecule has 0 aliphatic heterocycles. The molecule has 0 bridgehead atoms. The quantitative estimate of drug-likeness (QED) is 0.805. The Labute approximate surface area is 138 Å². The minimum Gasteiger partial charge on any atom is -0.508 e. The molecule has 0 radical (unpaired) electrons. The Bertz CT molecular complexity index is 811. The minimum atomic E-state index is -3.09. The second-order valence-corrected chi connectivity index (χ2v) is 5.65. The van der Waals surface area contributed by atoms with Gasteiger partial charge in [-0.05, 0) is 37.6 Å². The molecule has 1 aromatic carbocycles. The van der Waals surface area contributed by atoms with E-state index in [9.17, 15) is 18.7 Å². The van der Waals surface area contributed by atoms with Crippen molar-refractivity contribution >= 4 is 17.5 Å². The number of hydrogen-bond donors (Lipinski definition) is 2. The third-order valence-corrected chi connectivity index (χ3v) is 3.67. The number of aliphatic hydroxyl groups is 1. The zero-order chi connectivity index (χ0) is 18.1. The summed E-state index contributed by atoms with van der Waals surface area (Å²) in [6.07, 6.45) is 0. The molecule has 0 aliphatic rings. The summed E-state index contributed by atoms with van der Waals surface area (Å²) in [4.78, 5) is 16.6. The van der Waals surface area contributed by atoms with Crippen LogP contribution < -0.4 is 5.32 Å². The number of halogens is 2. The highest BCUT2D eigenvalue weighted by molar-refractivity contribution is 6.06. The summed E-state index contributed by atoms with van der Waals surface area (Å²) in [5, 5.41) is 12.2. The number of anilines is 1. The van der Waals surface area contributed by atoms with Crippen LogP contribution in [-0.4, -0.2) is 16.0 Å². The highest BCUT2D eigenvalue weighted by atomic mass is 19.3. The van der Waals surface area contributed by atoms with Crippen LogP contribution in [0.5, 0.6) is 0 Å². The van der Waals surface area contributed by atoms with Gasteiger partial charge in [-0.3, -0.25) is 4.79 Å². The van der Waals surface area contributed by atoms with Crippen LogP contribution in [0.15, 0.2) is 36.9 Å². The first-order valence-electron chi connectivity index (χ1n) is 7.26. The second kappa shape index (κ2) is 6.39. The van der Waals surface area contributed by atoms with E-state index < -0.39 is 17.6 Å². The lowest BCUT2D eigenvalue weighted by atomic mass is 9.99. The van der Waals surface area contributed by atoms with E-state index in [-0.39, 0.29) is 16.7 Å². The van der Waals surface area contributed by atoms with Crippen LogP contribution >= 0.6 is 0 Å². The van der Waals surface area contributed by atoms with Crippen molar-refractivity contribution in [2.75, 3.05) is 5.32 Å². The van der Waals surface area contributed by atoms with Gasteiger partial charge in [-0.15, -0.1) is 0 Å². The van der Waals surface area contributed by atoms with Crippen molar-refractivity contribution in [2.45, 2.75) is 26.7 Å². The fourth-order valence-corrected chi connectivity index (χ4v) is 2.14. The van der Waals surface area contributed by atoms with Gasteiger partial charge >= 0.3 is 0 Å². The van der Waals surface area contributed by atoms with E-state index in [0.29, 0.717) is 5.82 Å². The molecule has 0 spiro atoms. The smallest absolute Gasteiger partial charge is 0.270 e. The number of hydrogen-bond acceptors (Lipinski definition) is 3. The Morgan fingerprint density at radius 2 is 1.88 bits per heavy atom. The average molecular weight is 332 g/mol. The molecule has 24 heavy (non-hydrogen) atoms. The maximum Gasteiger partial charge on any atom is 0.270 e. The predicted molar refractivity (Wildman–Crippen MR) is 89.3 cm³/mol. The summed E-state index contributed by atoms with van der Waals surface area (Å²) in [5.74, 6) is -3.78. The number of nitrogens with one attached hydrogen (secondary N) is 1. The van der Waals surface area contributed by atoms with Crippen LogP contribution in [0.2, 0.25) is 0 Å². The van der Waals surface area contributed by atoms with Gasteiger partial charge in [-0.2, -0.15) is 0 Å². The largest absolute Gasteiger partial charge is 0.508 e. The van der Waals surface area contributed by atoms with Gasteiger partial charge in [0, 0.05) is 23.7 Å². The van der Waals surface area contributed by atoms with Crippen molar-refractivity contribution in [1.82, 2.24) is 4.98 Å². The Morgan fingerprint density at radius 3 is 2.42 bits per heavy atom. The topological polar surface area (TPSA) is 62.2 Å². The average Bonchev–Trinajstić information content (AvgIpc) is 2.49. The number of alkyl halides is 2. The zero-order valence-electron chi connectivity index (χ0n) is 13.7. The lowest BCUT2D eigenvalue weighted by molar-refractivity contribution is 0.0174. The molecule has 0 saturated carbocycles. The van der Waals surface area contributed by atoms with Crippen molar-refractivity contribution in [3.63, 3.8) is 0 Å². The van der Waals surface area contributed by atoms with Gasteiger partial charge in [-0.1, -0.05) is 18.7 Å². The van der Waals surface area contributed by atoms with Crippen LogP contribution in [0.3, 0.4) is 0 Å². The Hall–Kier alpha value is -2.76. The molecule has 126 valence electrons. The summed E-state index contributed by atoms with van der Waals surface area (Å²) in [5.41, 5.74) is 1.42. The Morgan fingerprint density at radius 1 is 1.21 bits per heavy atom. The van der Waals surface area contributed by atoms with E-state index in [0.717, 1.165) is 30.3 Å². The van der Waals surface area contributed by atoms with E-state index in [1.807, 2.05) is 19.9 Å². The van der Waals surface area contributed by atoms with Gasteiger partial charge in [0.2, 0.25) is 0 Å². The van der Waals surface area contributed by atoms with E-state index >= 15 is 0 Å². The van der Waals surface area contributed by atoms with Crippen molar-refractivity contribution in [1.29, 1.82) is 0 Å². The first kappa shape index (κ1) is 17.6. The standard InChI is InChI=1S/C18H18F2N2O2/c1-10-5-8-16(21-11(10)2)22-17(24)14-7-6-13(18(4,19)20)9-15(14)12(3)23/h5-9,23H,3H2,1-2,4H3,(H,21,22,24). The number of aliphatic hydroxyl groups excluding tert-OH is 1. The van der Waals surface area contributed by atoms with Crippen molar-refractivity contribution in [3.8, 4) is 0 Å². The molecule has 0 atom stereocenters. The summed E-state index contributed by atoms with van der Waals surface area (Å²) in [7, 11) is 0. The fraction of sp³-hybridized carbons (Fsp3) is 0.222. The molecule has 2 N–H and O–H groups in total. The second-order valence-electron chi connectivity index (χ2n) is 5.65. The molecule has 1 aromatic heterocycles. The molecule has 1 heterocycles. The van der Waals surface area contributed by atoms with Crippen LogP contribution in [-0.2, 0) is 5.92 Å². The Balaban J connectivity index is 2.38. The van der Waals surface area contributed by atoms with Gasteiger partial charge in [-0.25, -0.2) is 13.8 Å². The van der Waals surface area contributed by atoms with Gasteiger partial charge in [0.15, 0.2) is 0 Å². The number of carbonyl (C=O) groups is 1. The predicted octanol–water partition coefficient (Wildman–Crippen LogP) is 4.59. The normalized spacial score (nSPS) is 11.2. The lowest BCUT2D eigenvalue weighted by Gasteiger charge is -2.15. The first-order valence-corrected chi connectivity index (χ1v) is 7.26. The van der Waals surface area contributed by atoms with Crippen molar-refractivity contribution in [3.05, 3.63) is 64.9 Å². The lowest BCUT2D eigenvalue weighted by Crippen LogP contribution is -2.17. The third-order valence-electron chi connectivity index (χ3n) is 3.67. The number of rotatable bonds is 4. The number of amides is 1. The molecular formula is C18H18F2N2O2. The summed E-state index contributed by atoms with van der Waals surface area (Å²) in [6.45, 7) is 7.78. The van der Waals surface area contributed by atoms with Crippen molar-refractivity contribution < 1.29 is 18.7 Å². The number of benzene rings is 1. The molecule has 0 unspecified atom stereocenters. The third kappa shape index (κ3) is 3.76. The molecule has 0 fully saturated rings. The van der Waals surface area contributed by atoms with Crippen LogP contribution in [0.25, 0.3) is 5.76 Å². The minimum absolute atomic E-state index is 0.0375. The molecule has 4 nitrogen and oxygen atoms in total. The molecule has 1 amide bonds. The van der Waals surface area contributed by atoms with Gasteiger partial charge in [0.1, 0.15) is 11.6 Å². The van der Waals surface area contributed by atoms with E-state index in [1.54, 1.807) is 6.07 Å². The summed E-state index contributed by atoms with van der Waals surface area (Å²) < 4.78 is 26.9. The molecular weight excluding hydrogens is 314 g/mol. The van der Waals surface area contributed by atoms with Crippen LogP contribution in [0, 0.1) is 13.8 Å². The van der Waals surface area contributed by atoms with E-state index in [2.05, 4.69) is 16.9 Å². The zero-order valence-corrected chi connectivity index (χ0v) is 13.7. The van der Waals surface area contributed by atoms with Gasteiger partial charge < -0.3 is 10.4 Å². The number of aromatic nitrogens is 1. The first-order chi connectivity index (χ1) is 11.1. The van der Waals surface area contributed by atoms with E-state index in [1.165, 1.54) is 6.07 Å². The van der Waals surface area contributed by atoms with Crippen molar-refractivity contribution in [2.24, 2.45) is 0 Å². The molecule has 0 aliphatic carbocycles. The highest BCUT2D eigenvalue weighted by Gasteiger charge is 2.26. The van der Waals surface area contributed by atoms with Crippen LogP contribution in [0.1, 0.15) is 39.7 Å². The van der Waals surface area contributed by atoms with Gasteiger partial charge in [0.05, 0.1) is 5.56 Å². The SMILES string of the molecule is C=C(O)c1cc(C(C)(F)F)ccc1C(=O)Nc1ccc(C)c(C)n1. The van der Waals surface area contributed by atoms with Crippen LogP contribution in [0.4, 0.5) is 14.6 Å². The molecule has 0 saturated heterocycles. The molecule has 6 heteroatoms. The van der Waals surface area contributed by atoms with Gasteiger partial charge in [0.25, 0.3) is 11.8 Å². The maximum atomic E-state index is 13.4. The van der Waals surface area contributed by atoms with E-state index in [4.69, 9.17) is 0 Å². The fourth-order valence-electron chi connectivity index (χ4n) is 2.14. The monoisotopic (exact) mass is 332 g/mol. The number of aryl methyl sites for hydroxylation is 2. The number of pyridine rings is 1. The molecule has 2 rings (SSSR count). The molecule has 2 aromatic rings.